The molecule has 0 amide bonds. The van der Waals surface area contributed by atoms with Gasteiger partial charge in [-0.3, -0.25) is 10.1 Å². The quantitative estimate of drug-likeness (QED) is 0.511. The summed E-state index contributed by atoms with van der Waals surface area (Å²) >= 11 is 1.70. The summed E-state index contributed by atoms with van der Waals surface area (Å²) in [6.07, 6.45) is 0. The lowest BCUT2D eigenvalue weighted by molar-refractivity contribution is -0.385. The van der Waals surface area contributed by atoms with Gasteiger partial charge in [0.15, 0.2) is 0 Å². The van der Waals surface area contributed by atoms with Crippen molar-refractivity contribution in [3.05, 3.63) is 28.3 Å². The summed E-state index contributed by atoms with van der Waals surface area (Å²) in [6.45, 7) is 2.72. The molecule has 1 aromatic rings. The van der Waals surface area contributed by atoms with E-state index >= 15 is 0 Å². The number of hydrogen-bond donors (Lipinski definition) is 1. The number of benzene rings is 1. The molecule has 0 saturated carbocycles. The van der Waals surface area contributed by atoms with Gasteiger partial charge in [-0.25, -0.2) is 8.42 Å². The molecule has 0 spiro atoms. The standard InChI is InChI=1S/C11H15N3O4S2/c1-8-7-13(4-5-19-8)20(17,18)11-6-9(14(15)16)2-3-10(11)12/h2-3,6,8H,4-5,7,12H2,1H3. The first kappa shape index (κ1) is 15.1. The zero-order chi connectivity index (χ0) is 14.9. The maximum atomic E-state index is 12.5. The monoisotopic (exact) mass is 317 g/mol. The van der Waals surface area contributed by atoms with E-state index in [1.807, 2.05) is 6.92 Å². The Balaban J connectivity index is 2.43. The van der Waals surface area contributed by atoms with Crippen LogP contribution in [0.4, 0.5) is 11.4 Å². The van der Waals surface area contributed by atoms with Crippen molar-refractivity contribution in [3.63, 3.8) is 0 Å². The zero-order valence-corrected chi connectivity index (χ0v) is 12.5. The Morgan fingerprint density at radius 2 is 2.20 bits per heavy atom. The Kier molecular flexibility index (Phi) is 4.21. The Morgan fingerprint density at radius 1 is 1.50 bits per heavy atom. The molecule has 0 aliphatic carbocycles. The van der Waals surface area contributed by atoms with Gasteiger partial charge in [-0.2, -0.15) is 16.1 Å². The van der Waals surface area contributed by atoms with Gasteiger partial charge in [0.1, 0.15) is 4.90 Å². The molecule has 1 aromatic carbocycles. The second-order valence-electron chi connectivity index (χ2n) is 4.52. The lowest BCUT2D eigenvalue weighted by Crippen LogP contribution is -2.41. The van der Waals surface area contributed by atoms with Crippen molar-refractivity contribution in [3.8, 4) is 0 Å². The molecule has 2 rings (SSSR count). The summed E-state index contributed by atoms with van der Waals surface area (Å²) < 4.78 is 26.4. The molecule has 0 aromatic heterocycles. The molecule has 7 nitrogen and oxygen atoms in total. The molecule has 0 radical (unpaired) electrons. The molecule has 2 N–H and O–H groups in total. The third kappa shape index (κ3) is 2.89. The first-order valence-electron chi connectivity index (χ1n) is 5.98. The molecule has 110 valence electrons. The fraction of sp³-hybridized carbons (Fsp3) is 0.455. The van der Waals surface area contributed by atoms with Crippen molar-refractivity contribution in [1.82, 2.24) is 4.31 Å². The number of hydrogen-bond acceptors (Lipinski definition) is 6. The molecule has 1 aliphatic heterocycles. The molecule has 1 fully saturated rings. The minimum Gasteiger partial charge on any atom is -0.398 e. The van der Waals surface area contributed by atoms with Crippen LogP contribution < -0.4 is 5.73 Å². The van der Waals surface area contributed by atoms with E-state index in [-0.39, 0.29) is 21.5 Å². The highest BCUT2D eigenvalue weighted by atomic mass is 32.2. The highest BCUT2D eigenvalue weighted by molar-refractivity contribution is 8.00. The molecule has 1 atom stereocenters. The summed E-state index contributed by atoms with van der Waals surface area (Å²) in [7, 11) is -3.79. The molecule has 1 saturated heterocycles. The number of sulfonamides is 1. The molecule has 1 aliphatic rings. The minimum absolute atomic E-state index is 0.0291. The van der Waals surface area contributed by atoms with Crippen LogP contribution in [0.25, 0.3) is 0 Å². The van der Waals surface area contributed by atoms with Gasteiger partial charge >= 0.3 is 0 Å². The lowest BCUT2D eigenvalue weighted by atomic mass is 10.3. The molecule has 0 bridgehead atoms. The van der Waals surface area contributed by atoms with Crippen LogP contribution in [0.3, 0.4) is 0 Å². The summed E-state index contributed by atoms with van der Waals surface area (Å²) in [6, 6.07) is 3.48. The van der Waals surface area contributed by atoms with E-state index in [0.29, 0.717) is 18.8 Å². The van der Waals surface area contributed by atoms with Crippen LogP contribution >= 0.6 is 11.8 Å². The van der Waals surface area contributed by atoms with Crippen LogP contribution in [-0.2, 0) is 10.0 Å². The lowest BCUT2D eigenvalue weighted by Gasteiger charge is -2.29. The summed E-state index contributed by atoms with van der Waals surface area (Å²) in [5, 5.41) is 11.0. The maximum Gasteiger partial charge on any atom is 0.270 e. The predicted molar refractivity (Wildman–Crippen MR) is 78.2 cm³/mol. The number of non-ortho nitro benzene ring substituents is 1. The highest BCUT2D eigenvalue weighted by Gasteiger charge is 2.31. The first-order valence-corrected chi connectivity index (χ1v) is 8.47. The fourth-order valence-electron chi connectivity index (χ4n) is 2.00. The Labute approximate surface area is 121 Å². The zero-order valence-electron chi connectivity index (χ0n) is 10.9. The van der Waals surface area contributed by atoms with E-state index in [2.05, 4.69) is 0 Å². The van der Waals surface area contributed by atoms with E-state index < -0.39 is 14.9 Å². The van der Waals surface area contributed by atoms with Gasteiger partial charge in [-0.1, -0.05) is 6.92 Å². The second kappa shape index (κ2) is 5.58. The van der Waals surface area contributed by atoms with Crippen LogP contribution in [0.1, 0.15) is 6.92 Å². The van der Waals surface area contributed by atoms with Gasteiger partial charge in [0, 0.05) is 36.2 Å². The van der Waals surface area contributed by atoms with Gasteiger partial charge in [0.05, 0.1) is 10.6 Å². The number of nitrogens with two attached hydrogens (primary N) is 1. The fourth-order valence-corrected chi connectivity index (χ4v) is 4.89. The van der Waals surface area contributed by atoms with Gasteiger partial charge < -0.3 is 5.73 Å². The molecule has 9 heteroatoms. The molecular weight excluding hydrogens is 302 g/mol. The number of rotatable bonds is 3. The van der Waals surface area contributed by atoms with Crippen LogP contribution in [0.2, 0.25) is 0 Å². The Bertz CT molecular complexity index is 633. The van der Waals surface area contributed by atoms with Crippen LogP contribution in [-0.4, -0.2) is 41.7 Å². The van der Waals surface area contributed by atoms with Gasteiger partial charge in [0.2, 0.25) is 10.0 Å². The number of nitrogens with zero attached hydrogens (tertiary/aromatic N) is 2. The molecular formula is C11H15N3O4S2. The van der Waals surface area contributed by atoms with Gasteiger partial charge in [0.25, 0.3) is 5.69 Å². The van der Waals surface area contributed by atoms with E-state index in [1.165, 1.54) is 16.4 Å². The van der Waals surface area contributed by atoms with Gasteiger partial charge in [-0.15, -0.1) is 0 Å². The average Bonchev–Trinajstić information content (AvgIpc) is 2.38. The van der Waals surface area contributed by atoms with E-state index in [9.17, 15) is 18.5 Å². The predicted octanol–water partition coefficient (Wildman–Crippen LogP) is 1.30. The number of nitro benzene ring substituents is 1. The van der Waals surface area contributed by atoms with Crippen molar-refractivity contribution in [2.75, 3.05) is 24.6 Å². The number of nitro groups is 1. The summed E-state index contributed by atoms with van der Waals surface area (Å²) in [5.41, 5.74) is 5.43. The third-order valence-corrected chi connectivity index (χ3v) is 6.09. The van der Waals surface area contributed by atoms with Crippen LogP contribution in [0.15, 0.2) is 23.1 Å². The van der Waals surface area contributed by atoms with E-state index in [4.69, 9.17) is 5.73 Å². The maximum absolute atomic E-state index is 12.5. The van der Waals surface area contributed by atoms with Crippen molar-refractivity contribution < 1.29 is 13.3 Å². The van der Waals surface area contributed by atoms with Crippen LogP contribution in [0, 0.1) is 10.1 Å². The van der Waals surface area contributed by atoms with Crippen molar-refractivity contribution in [2.24, 2.45) is 0 Å². The van der Waals surface area contributed by atoms with Crippen molar-refractivity contribution >= 4 is 33.2 Å². The topological polar surface area (TPSA) is 107 Å². The third-order valence-electron chi connectivity index (χ3n) is 3.03. The van der Waals surface area contributed by atoms with E-state index in [0.717, 1.165) is 6.07 Å². The minimum atomic E-state index is -3.79. The molecule has 1 heterocycles. The molecule has 20 heavy (non-hydrogen) atoms. The Hall–Kier alpha value is -1.32. The van der Waals surface area contributed by atoms with E-state index in [1.54, 1.807) is 11.8 Å². The second-order valence-corrected chi connectivity index (χ2v) is 7.98. The smallest absolute Gasteiger partial charge is 0.270 e. The number of anilines is 1. The Morgan fingerprint density at radius 3 is 2.80 bits per heavy atom. The average molecular weight is 317 g/mol. The highest BCUT2D eigenvalue weighted by Crippen LogP contribution is 2.29. The summed E-state index contributed by atoms with van der Waals surface area (Å²) in [4.78, 5) is 9.95. The summed E-state index contributed by atoms with van der Waals surface area (Å²) in [5.74, 6) is 0.704. The SMILES string of the molecule is CC1CN(S(=O)(=O)c2cc([N+](=O)[O-])ccc2N)CCS1. The normalized spacial score (nSPS) is 20.8. The van der Waals surface area contributed by atoms with Crippen molar-refractivity contribution in [1.29, 1.82) is 0 Å². The number of thioether (sulfide) groups is 1. The first-order chi connectivity index (χ1) is 9.32. The van der Waals surface area contributed by atoms with Crippen LogP contribution in [0.5, 0.6) is 0 Å². The van der Waals surface area contributed by atoms with Gasteiger partial charge in [-0.05, 0) is 6.07 Å². The number of nitrogen functional groups attached to an aromatic ring is 1. The van der Waals surface area contributed by atoms with Crippen molar-refractivity contribution in [2.45, 2.75) is 17.1 Å². The largest absolute Gasteiger partial charge is 0.398 e. The molecule has 1 unspecified atom stereocenters.